The largest absolute Gasteiger partial charge is 0.481 e. The van der Waals surface area contributed by atoms with E-state index < -0.39 is 18.0 Å². The lowest BCUT2D eigenvalue weighted by molar-refractivity contribution is -0.139. The summed E-state index contributed by atoms with van der Waals surface area (Å²) in [6, 6.07) is 8.52. The fraction of sp³-hybridized carbons (Fsp3) is 0.520. The average molecular weight is 472 g/mol. The van der Waals surface area contributed by atoms with Gasteiger partial charge in [-0.15, -0.1) is 0 Å². The van der Waals surface area contributed by atoms with Crippen molar-refractivity contribution in [3.05, 3.63) is 60.2 Å². The summed E-state index contributed by atoms with van der Waals surface area (Å²) in [6.07, 6.45) is 12.6. The first-order valence-electron chi connectivity index (χ1n) is 11.7. The molecule has 2 aliphatic rings. The molecule has 2 aromatic rings. The molecular weight excluding hydrogens is 434 g/mol. The van der Waals surface area contributed by atoms with Gasteiger partial charge >= 0.3 is 11.9 Å². The highest BCUT2D eigenvalue weighted by Gasteiger charge is 2.22. The van der Waals surface area contributed by atoms with Crippen molar-refractivity contribution in [2.45, 2.75) is 56.7 Å². The van der Waals surface area contributed by atoms with Crippen LogP contribution in [0, 0.1) is 0 Å². The van der Waals surface area contributed by atoms with Crippen LogP contribution in [0.1, 0.15) is 61.7 Å². The Hall–Kier alpha value is -2.88. The van der Waals surface area contributed by atoms with Gasteiger partial charge in [0.2, 0.25) is 0 Å². The van der Waals surface area contributed by atoms with E-state index in [9.17, 15) is 9.59 Å². The maximum Gasteiger partial charge on any atom is 0.320 e. The van der Waals surface area contributed by atoms with E-state index in [2.05, 4.69) is 46.0 Å². The Morgan fingerprint density at radius 1 is 0.971 bits per heavy atom. The molecule has 2 saturated heterocycles. The summed E-state index contributed by atoms with van der Waals surface area (Å²) in [6.45, 7) is 2.44. The number of hydrogen-bond donors (Lipinski definition) is 3. The predicted molar refractivity (Wildman–Crippen MR) is 130 cm³/mol. The average Bonchev–Trinajstić information content (AvgIpc) is 3.47. The summed E-state index contributed by atoms with van der Waals surface area (Å²) >= 11 is 0. The molecule has 2 fully saturated rings. The van der Waals surface area contributed by atoms with Crippen LogP contribution in [0.15, 0.2) is 49.1 Å². The van der Waals surface area contributed by atoms with Crippen molar-refractivity contribution in [1.29, 1.82) is 0 Å². The van der Waals surface area contributed by atoms with E-state index in [4.69, 9.17) is 15.9 Å². The maximum absolute atomic E-state index is 9.99. The summed E-state index contributed by atoms with van der Waals surface area (Å²) in [7, 11) is 4.37. The van der Waals surface area contributed by atoms with Gasteiger partial charge in [-0.05, 0) is 82.5 Å². The van der Waals surface area contributed by atoms with E-state index in [-0.39, 0.29) is 12.8 Å². The van der Waals surface area contributed by atoms with Crippen molar-refractivity contribution in [3.8, 4) is 0 Å². The van der Waals surface area contributed by atoms with Crippen molar-refractivity contribution in [1.82, 2.24) is 19.8 Å². The highest BCUT2D eigenvalue weighted by molar-refractivity contribution is 5.74. The Labute approximate surface area is 201 Å². The zero-order valence-electron chi connectivity index (χ0n) is 20.1. The van der Waals surface area contributed by atoms with Gasteiger partial charge in [0, 0.05) is 43.3 Å². The molecule has 0 aliphatic carbocycles. The summed E-state index contributed by atoms with van der Waals surface area (Å²) in [5.74, 6) is -2.20. The number of carboxylic acids is 2. The lowest BCUT2D eigenvalue weighted by atomic mass is 10.1. The number of aliphatic carboxylic acids is 2. The van der Waals surface area contributed by atoms with Gasteiger partial charge in [0.1, 0.15) is 6.04 Å². The molecule has 0 radical (unpaired) electrons. The predicted octanol–water partition coefficient (Wildman–Crippen LogP) is 2.96. The Kier molecular flexibility index (Phi) is 11.6. The number of carboxylic acid groups (broad SMARTS) is 2. The fourth-order valence-electron chi connectivity index (χ4n) is 4.21. The summed E-state index contributed by atoms with van der Waals surface area (Å²) < 4.78 is 0. The zero-order valence-corrected chi connectivity index (χ0v) is 20.1. The van der Waals surface area contributed by atoms with Gasteiger partial charge in [0.25, 0.3) is 0 Å². The van der Waals surface area contributed by atoms with E-state index in [1.807, 2.05) is 36.9 Å². The standard InChI is InChI=1S/2C10H14N2.C5H9NO4/c2*1-12-7-3-5-10(12)9-4-2-6-11-8-9;6-3(5(9)10)1-2-4(7)8/h2*2,4,6,8,10H,3,5,7H2,1H3;3H,1-2,6H2,(H,7,8)(H,9,10)/t;;3-/m..0/s1. The molecule has 4 heterocycles. The highest BCUT2D eigenvalue weighted by Crippen LogP contribution is 2.30. The first-order valence-corrected chi connectivity index (χ1v) is 11.7. The third kappa shape index (κ3) is 9.17. The zero-order chi connectivity index (χ0) is 24.9. The number of nitrogens with two attached hydrogens (primary N) is 1. The molecule has 186 valence electrons. The molecule has 0 amide bonds. The molecule has 34 heavy (non-hydrogen) atoms. The second-order valence-electron chi connectivity index (χ2n) is 8.73. The lowest BCUT2D eigenvalue weighted by Crippen LogP contribution is -2.30. The normalized spacial score (nSPS) is 21.0. The second kappa shape index (κ2) is 14.4. The van der Waals surface area contributed by atoms with Gasteiger partial charge in [-0.1, -0.05) is 12.1 Å². The maximum atomic E-state index is 9.99. The number of likely N-dealkylation sites (tertiary alicyclic amines) is 2. The molecule has 2 aliphatic heterocycles. The van der Waals surface area contributed by atoms with Gasteiger partial charge in [-0.3, -0.25) is 29.4 Å². The van der Waals surface area contributed by atoms with E-state index in [0.29, 0.717) is 12.1 Å². The molecule has 0 spiro atoms. The molecule has 3 atom stereocenters. The van der Waals surface area contributed by atoms with Gasteiger partial charge in [0.05, 0.1) is 0 Å². The Bertz CT molecular complexity index is 813. The van der Waals surface area contributed by atoms with Gasteiger partial charge in [-0.2, -0.15) is 0 Å². The third-order valence-corrected chi connectivity index (χ3v) is 6.17. The molecule has 0 saturated carbocycles. The molecule has 4 rings (SSSR count). The molecular formula is C25H37N5O4. The van der Waals surface area contributed by atoms with E-state index in [1.54, 1.807) is 0 Å². The monoisotopic (exact) mass is 471 g/mol. The quantitative estimate of drug-likeness (QED) is 0.581. The number of aromatic nitrogens is 2. The third-order valence-electron chi connectivity index (χ3n) is 6.17. The molecule has 9 nitrogen and oxygen atoms in total. The molecule has 2 aromatic heterocycles. The molecule has 0 aromatic carbocycles. The van der Waals surface area contributed by atoms with Gasteiger partial charge < -0.3 is 15.9 Å². The first kappa shape index (κ1) is 27.4. The fourth-order valence-corrected chi connectivity index (χ4v) is 4.21. The van der Waals surface area contributed by atoms with Crippen molar-refractivity contribution in [2.75, 3.05) is 27.2 Å². The van der Waals surface area contributed by atoms with Crippen molar-refractivity contribution in [2.24, 2.45) is 5.73 Å². The smallest absolute Gasteiger partial charge is 0.320 e. The van der Waals surface area contributed by atoms with Crippen LogP contribution in [-0.4, -0.2) is 75.1 Å². The van der Waals surface area contributed by atoms with Crippen LogP contribution in [0.4, 0.5) is 0 Å². The Morgan fingerprint density at radius 2 is 1.44 bits per heavy atom. The van der Waals surface area contributed by atoms with Crippen LogP contribution in [0.25, 0.3) is 0 Å². The van der Waals surface area contributed by atoms with Gasteiger partial charge in [-0.25, -0.2) is 0 Å². The van der Waals surface area contributed by atoms with Crippen molar-refractivity contribution in [3.63, 3.8) is 0 Å². The molecule has 0 bridgehead atoms. The van der Waals surface area contributed by atoms with Crippen LogP contribution in [-0.2, 0) is 9.59 Å². The number of pyridine rings is 2. The van der Waals surface area contributed by atoms with E-state index in [0.717, 1.165) is 0 Å². The summed E-state index contributed by atoms with van der Waals surface area (Å²) in [4.78, 5) is 32.9. The summed E-state index contributed by atoms with van der Waals surface area (Å²) in [5, 5.41) is 16.3. The number of rotatable bonds is 6. The summed E-state index contributed by atoms with van der Waals surface area (Å²) in [5.41, 5.74) is 7.72. The van der Waals surface area contributed by atoms with E-state index >= 15 is 0 Å². The highest BCUT2D eigenvalue weighted by atomic mass is 16.4. The van der Waals surface area contributed by atoms with E-state index in [1.165, 1.54) is 49.9 Å². The minimum Gasteiger partial charge on any atom is -0.481 e. The van der Waals surface area contributed by atoms with Crippen molar-refractivity contribution < 1.29 is 19.8 Å². The Morgan fingerprint density at radius 3 is 1.74 bits per heavy atom. The number of carbonyl (C=O) groups is 2. The topological polar surface area (TPSA) is 133 Å². The van der Waals surface area contributed by atoms with Crippen molar-refractivity contribution >= 4 is 11.9 Å². The van der Waals surface area contributed by atoms with Gasteiger partial charge in [0.15, 0.2) is 0 Å². The minimum atomic E-state index is -1.17. The number of hydrogen-bond acceptors (Lipinski definition) is 7. The molecule has 9 heteroatoms. The Balaban J connectivity index is 0.000000182. The van der Waals surface area contributed by atoms with Crippen LogP contribution >= 0.6 is 0 Å². The lowest BCUT2D eigenvalue weighted by Gasteiger charge is -2.18. The second-order valence-corrected chi connectivity index (χ2v) is 8.73. The number of nitrogens with zero attached hydrogens (tertiary/aromatic N) is 4. The minimum absolute atomic E-state index is 0.0231. The SMILES string of the molecule is CN1CCCC1c1cccnc1.CN1CCCC1c1cccnc1.N[C@@H](CCC(=O)O)C(=O)O. The van der Waals surface area contributed by atoms with Crippen LogP contribution < -0.4 is 5.73 Å². The van der Waals surface area contributed by atoms with Crippen LogP contribution in [0.5, 0.6) is 0 Å². The molecule has 2 unspecified atom stereocenters. The molecule has 4 N–H and O–H groups in total. The van der Waals surface area contributed by atoms with Crippen LogP contribution in [0.3, 0.4) is 0 Å². The van der Waals surface area contributed by atoms with Crippen LogP contribution in [0.2, 0.25) is 0 Å². The first-order chi connectivity index (χ1) is 16.3.